The Labute approximate surface area is 115 Å². The summed E-state index contributed by atoms with van der Waals surface area (Å²) >= 11 is 0. The van der Waals surface area contributed by atoms with E-state index in [1.807, 2.05) is 0 Å². The SMILES string of the molecule is CCC(O)c1cc(C(=O)Nc2cc(F)ccc2C)no1. The summed E-state index contributed by atoms with van der Waals surface area (Å²) in [4.78, 5) is 12.0. The van der Waals surface area contributed by atoms with E-state index in [2.05, 4.69) is 10.5 Å². The molecule has 0 spiro atoms. The van der Waals surface area contributed by atoms with E-state index < -0.39 is 17.8 Å². The molecule has 0 radical (unpaired) electrons. The van der Waals surface area contributed by atoms with E-state index in [1.54, 1.807) is 19.9 Å². The monoisotopic (exact) mass is 278 g/mol. The third kappa shape index (κ3) is 3.03. The van der Waals surface area contributed by atoms with Crippen LogP contribution in [0.25, 0.3) is 0 Å². The summed E-state index contributed by atoms with van der Waals surface area (Å²) in [6, 6.07) is 5.49. The first-order valence-electron chi connectivity index (χ1n) is 6.23. The summed E-state index contributed by atoms with van der Waals surface area (Å²) in [6.07, 6.45) is -0.334. The highest BCUT2D eigenvalue weighted by Gasteiger charge is 2.17. The van der Waals surface area contributed by atoms with E-state index in [9.17, 15) is 14.3 Å². The number of carbonyl (C=O) groups excluding carboxylic acids is 1. The van der Waals surface area contributed by atoms with E-state index in [4.69, 9.17) is 4.52 Å². The summed E-state index contributed by atoms with van der Waals surface area (Å²) < 4.78 is 18.0. The van der Waals surface area contributed by atoms with Crippen molar-refractivity contribution >= 4 is 11.6 Å². The quantitative estimate of drug-likeness (QED) is 0.901. The van der Waals surface area contributed by atoms with Crippen molar-refractivity contribution in [1.29, 1.82) is 0 Å². The number of rotatable bonds is 4. The minimum Gasteiger partial charge on any atom is -0.385 e. The van der Waals surface area contributed by atoms with Gasteiger partial charge >= 0.3 is 0 Å². The van der Waals surface area contributed by atoms with Gasteiger partial charge in [0.25, 0.3) is 5.91 Å². The molecule has 1 unspecified atom stereocenters. The smallest absolute Gasteiger partial charge is 0.277 e. The topological polar surface area (TPSA) is 75.4 Å². The van der Waals surface area contributed by atoms with Gasteiger partial charge in [0.2, 0.25) is 0 Å². The highest BCUT2D eigenvalue weighted by Crippen LogP contribution is 2.19. The van der Waals surface area contributed by atoms with E-state index in [0.29, 0.717) is 12.1 Å². The number of hydrogen-bond acceptors (Lipinski definition) is 4. The Morgan fingerprint density at radius 3 is 2.95 bits per heavy atom. The third-order valence-corrected chi connectivity index (χ3v) is 2.92. The van der Waals surface area contributed by atoms with Crippen molar-refractivity contribution in [2.24, 2.45) is 0 Å². The first kappa shape index (κ1) is 14.2. The largest absolute Gasteiger partial charge is 0.385 e. The van der Waals surface area contributed by atoms with Gasteiger partial charge in [-0.05, 0) is 31.0 Å². The first-order valence-corrected chi connectivity index (χ1v) is 6.23. The van der Waals surface area contributed by atoms with Crippen LogP contribution in [0.5, 0.6) is 0 Å². The molecular weight excluding hydrogens is 263 g/mol. The summed E-state index contributed by atoms with van der Waals surface area (Å²) in [7, 11) is 0. The second-order valence-corrected chi connectivity index (χ2v) is 4.45. The zero-order valence-corrected chi connectivity index (χ0v) is 11.2. The minimum absolute atomic E-state index is 0.0381. The van der Waals surface area contributed by atoms with Gasteiger partial charge in [-0.3, -0.25) is 4.79 Å². The Bertz CT molecular complexity index is 625. The molecule has 0 aliphatic carbocycles. The fourth-order valence-corrected chi connectivity index (χ4v) is 1.67. The van der Waals surface area contributed by atoms with Crippen LogP contribution in [-0.4, -0.2) is 16.2 Å². The van der Waals surface area contributed by atoms with Gasteiger partial charge in [0, 0.05) is 11.8 Å². The fraction of sp³-hybridized carbons (Fsp3) is 0.286. The van der Waals surface area contributed by atoms with Gasteiger partial charge in [0.15, 0.2) is 11.5 Å². The molecule has 2 N–H and O–H groups in total. The van der Waals surface area contributed by atoms with Crippen LogP contribution >= 0.6 is 0 Å². The lowest BCUT2D eigenvalue weighted by molar-refractivity contribution is 0.101. The predicted octanol–water partition coefficient (Wildman–Crippen LogP) is 2.82. The molecule has 1 aromatic carbocycles. The Kier molecular flexibility index (Phi) is 4.14. The van der Waals surface area contributed by atoms with Gasteiger partial charge in [-0.1, -0.05) is 18.1 Å². The molecule has 0 aliphatic heterocycles. The maximum atomic E-state index is 13.1. The second kappa shape index (κ2) is 5.83. The third-order valence-electron chi connectivity index (χ3n) is 2.92. The van der Waals surface area contributed by atoms with Gasteiger partial charge in [0.05, 0.1) is 0 Å². The minimum atomic E-state index is -0.792. The van der Waals surface area contributed by atoms with Crippen LogP contribution in [0.1, 0.15) is 41.3 Å². The lowest BCUT2D eigenvalue weighted by atomic mass is 10.2. The standard InChI is InChI=1S/C14H15FN2O3/c1-3-12(18)13-7-11(17-20-13)14(19)16-10-6-9(15)5-4-8(10)2/h4-7,12,18H,3H2,1-2H3,(H,16,19). The normalized spacial score (nSPS) is 12.2. The average molecular weight is 278 g/mol. The number of aliphatic hydroxyl groups excluding tert-OH is 1. The van der Waals surface area contributed by atoms with Crippen LogP contribution in [-0.2, 0) is 0 Å². The van der Waals surface area contributed by atoms with E-state index in [1.165, 1.54) is 18.2 Å². The molecule has 106 valence electrons. The Balaban J connectivity index is 2.16. The van der Waals surface area contributed by atoms with Gasteiger partial charge in [-0.25, -0.2) is 4.39 Å². The summed E-state index contributed by atoms with van der Waals surface area (Å²) in [6.45, 7) is 3.53. The number of anilines is 1. The molecule has 1 atom stereocenters. The van der Waals surface area contributed by atoms with Crippen molar-refractivity contribution in [3.05, 3.63) is 47.1 Å². The van der Waals surface area contributed by atoms with Crippen LogP contribution in [0.3, 0.4) is 0 Å². The Morgan fingerprint density at radius 2 is 2.25 bits per heavy atom. The molecular formula is C14H15FN2O3. The number of halogens is 1. The number of aryl methyl sites for hydroxylation is 1. The lowest BCUT2D eigenvalue weighted by Crippen LogP contribution is -2.13. The van der Waals surface area contributed by atoms with Crippen LogP contribution in [0.4, 0.5) is 10.1 Å². The number of carbonyl (C=O) groups is 1. The van der Waals surface area contributed by atoms with Crippen molar-refractivity contribution in [3.8, 4) is 0 Å². The summed E-state index contributed by atoms with van der Waals surface area (Å²) in [5, 5.41) is 15.7. The number of aliphatic hydroxyl groups is 1. The molecule has 0 saturated carbocycles. The van der Waals surface area contributed by atoms with Crippen LogP contribution in [0, 0.1) is 12.7 Å². The van der Waals surface area contributed by atoms with Crippen LogP contribution < -0.4 is 5.32 Å². The lowest BCUT2D eigenvalue weighted by Gasteiger charge is -2.06. The number of benzene rings is 1. The van der Waals surface area contributed by atoms with Gasteiger partial charge < -0.3 is 14.9 Å². The number of amides is 1. The van der Waals surface area contributed by atoms with Gasteiger partial charge in [-0.2, -0.15) is 0 Å². The first-order chi connectivity index (χ1) is 9.51. The van der Waals surface area contributed by atoms with Gasteiger partial charge in [-0.15, -0.1) is 0 Å². The Hall–Kier alpha value is -2.21. The predicted molar refractivity (Wildman–Crippen MR) is 70.8 cm³/mol. The molecule has 0 aliphatic rings. The zero-order valence-electron chi connectivity index (χ0n) is 11.2. The number of hydrogen-bond donors (Lipinski definition) is 2. The molecule has 2 rings (SSSR count). The molecule has 1 heterocycles. The van der Waals surface area contributed by atoms with Crippen LogP contribution in [0.2, 0.25) is 0 Å². The summed E-state index contributed by atoms with van der Waals surface area (Å²) in [5.74, 6) is -0.723. The molecule has 6 heteroatoms. The van der Waals surface area contributed by atoms with Crippen molar-refractivity contribution in [3.63, 3.8) is 0 Å². The fourth-order valence-electron chi connectivity index (χ4n) is 1.67. The van der Waals surface area contributed by atoms with E-state index in [0.717, 1.165) is 5.56 Å². The molecule has 5 nitrogen and oxygen atoms in total. The molecule has 0 bridgehead atoms. The highest BCUT2D eigenvalue weighted by molar-refractivity contribution is 6.03. The average Bonchev–Trinajstić information content (AvgIpc) is 2.91. The Morgan fingerprint density at radius 1 is 1.50 bits per heavy atom. The number of nitrogens with zero attached hydrogens (tertiary/aromatic N) is 1. The number of nitrogens with one attached hydrogen (secondary N) is 1. The molecule has 1 amide bonds. The van der Waals surface area contributed by atoms with Crippen molar-refractivity contribution in [2.45, 2.75) is 26.4 Å². The zero-order chi connectivity index (χ0) is 14.7. The second-order valence-electron chi connectivity index (χ2n) is 4.45. The molecule has 20 heavy (non-hydrogen) atoms. The van der Waals surface area contributed by atoms with Crippen molar-refractivity contribution in [2.75, 3.05) is 5.32 Å². The maximum absolute atomic E-state index is 13.1. The van der Waals surface area contributed by atoms with E-state index >= 15 is 0 Å². The van der Waals surface area contributed by atoms with Crippen molar-refractivity contribution < 1.29 is 18.8 Å². The van der Waals surface area contributed by atoms with Crippen LogP contribution in [0.15, 0.2) is 28.8 Å². The molecule has 2 aromatic rings. The summed E-state index contributed by atoms with van der Waals surface area (Å²) in [5.41, 5.74) is 1.14. The van der Waals surface area contributed by atoms with Gasteiger partial charge in [0.1, 0.15) is 11.9 Å². The maximum Gasteiger partial charge on any atom is 0.277 e. The highest BCUT2D eigenvalue weighted by atomic mass is 19.1. The van der Waals surface area contributed by atoms with E-state index in [-0.39, 0.29) is 11.5 Å². The molecule has 0 saturated heterocycles. The van der Waals surface area contributed by atoms with Crippen molar-refractivity contribution in [1.82, 2.24) is 5.16 Å². The molecule has 0 fully saturated rings. The number of aromatic nitrogens is 1. The molecule has 1 aromatic heterocycles.